The lowest BCUT2D eigenvalue weighted by Gasteiger charge is -2.47. The standard InChI is InChI=1S/C42H38Cl2N4O2/c1-41(2)22-26(46-40(50)32-21-38(30-15-5-9-17-34(30)44)48-36-19-11-7-13-28(32)36)23-42(3,24-41)25-45-39(49)31-20-37(29-14-4-8-16-33(29)43)47-35-18-10-6-12-27(31)35/h4-21,26H,22-25H2,1-3H3,(H,45,49)(H,46,50). The van der Waals surface area contributed by atoms with Gasteiger partial charge in [-0.2, -0.15) is 0 Å². The molecule has 6 nitrogen and oxygen atoms in total. The molecule has 6 aromatic rings. The molecule has 2 N–H and O–H groups in total. The van der Waals surface area contributed by atoms with E-state index in [1.807, 2.05) is 109 Å². The highest BCUT2D eigenvalue weighted by Gasteiger charge is 2.42. The third kappa shape index (κ3) is 6.96. The summed E-state index contributed by atoms with van der Waals surface area (Å²) < 4.78 is 0. The molecule has 8 heteroatoms. The summed E-state index contributed by atoms with van der Waals surface area (Å²) in [5.74, 6) is -0.321. The van der Waals surface area contributed by atoms with Gasteiger partial charge in [-0.25, -0.2) is 9.97 Å². The van der Waals surface area contributed by atoms with Gasteiger partial charge in [0.15, 0.2) is 0 Å². The molecule has 0 saturated heterocycles. The van der Waals surface area contributed by atoms with Gasteiger partial charge in [0.05, 0.1) is 33.5 Å². The molecule has 50 heavy (non-hydrogen) atoms. The highest BCUT2D eigenvalue weighted by atomic mass is 35.5. The van der Waals surface area contributed by atoms with Gasteiger partial charge < -0.3 is 10.6 Å². The number of nitrogens with one attached hydrogen (secondary N) is 2. The number of amides is 2. The van der Waals surface area contributed by atoms with Crippen LogP contribution in [0.2, 0.25) is 10.0 Å². The number of hydrogen-bond donors (Lipinski definition) is 2. The Bertz CT molecular complexity index is 2270. The Balaban J connectivity index is 1.13. The van der Waals surface area contributed by atoms with E-state index < -0.39 is 0 Å². The smallest absolute Gasteiger partial charge is 0.252 e. The maximum absolute atomic E-state index is 14.1. The second kappa shape index (κ2) is 13.5. The summed E-state index contributed by atoms with van der Waals surface area (Å²) in [6.45, 7) is 7.11. The molecule has 0 bridgehead atoms. The van der Waals surface area contributed by atoms with E-state index in [2.05, 4.69) is 31.4 Å². The van der Waals surface area contributed by atoms with Gasteiger partial charge in [0, 0.05) is 44.5 Å². The number of rotatable bonds is 7. The molecule has 0 aliphatic heterocycles. The van der Waals surface area contributed by atoms with Gasteiger partial charge in [-0.05, 0) is 66.5 Å². The lowest BCUT2D eigenvalue weighted by Crippen LogP contribution is -2.50. The van der Waals surface area contributed by atoms with E-state index in [0.717, 1.165) is 45.8 Å². The van der Waals surface area contributed by atoms with Crippen molar-refractivity contribution in [2.45, 2.75) is 46.1 Å². The van der Waals surface area contributed by atoms with Crippen LogP contribution in [-0.2, 0) is 0 Å². The lowest BCUT2D eigenvalue weighted by molar-refractivity contribution is 0.0593. The van der Waals surface area contributed by atoms with Gasteiger partial charge >= 0.3 is 0 Å². The molecule has 4 aromatic carbocycles. The molecule has 0 spiro atoms. The van der Waals surface area contributed by atoms with Crippen LogP contribution in [0.1, 0.15) is 60.7 Å². The van der Waals surface area contributed by atoms with Crippen LogP contribution in [-0.4, -0.2) is 34.4 Å². The monoisotopic (exact) mass is 700 g/mol. The maximum Gasteiger partial charge on any atom is 0.252 e. The minimum absolute atomic E-state index is 0.0701. The van der Waals surface area contributed by atoms with Crippen molar-refractivity contribution < 1.29 is 9.59 Å². The third-order valence-corrected chi connectivity index (χ3v) is 10.3. The molecule has 2 aromatic heterocycles. The van der Waals surface area contributed by atoms with Crippen LogP contribution < -0.4 is 10.6 Å². The fraction of sp³-hybridized carbons (Fsp3) is 0.238. The van der Waals surface area contributed by atoms with Crippen LogP contribution in [0.25, 0.3) is 44.3 Å². The van der Waals surface area contributed by atoms with Crippen LogP contribution >= 0.6 is 23.2 Å². The van der Waals surface area contributed by atoms with Gasteiger partial charge in [0.25, 0.3) is 11.8 Å². The number of fused-ring (bicyclic) bond motifs is 2. The van der Waals surface area contributed by atoms with Crippen molar-refractivity contribution in [1.29, 1.82) is 0 Å². The summed E-state index contributed by atoms with van der Waals surface area (Å²) in [6, 6.07) is 34.0. The van der Waals surface area contributed by atoms with Crippen LogP contribution in [0, 0.1) is 10.8 Å². The van der Waals surface area contributed by atoms with Crippen LogP contribution in [0.4, 0.5) is 0 Å². The first-order valence-electron chi connectivity index (χ1n) is 16.9. The van der Waals surface area contributed by atoms with Crippen LogP contribution in [0.3, 0.4) is 0 Å². The van der Waals surface area contributed by atoms with Crippen LogP contribution in [0.15, 0.2) is 109 Å². The predicted octanol–water partition coefficient (Wildman–Crippen LogP) is 10.2. The lowest BCUT2D eigenvalue weighted by atomic mass is 9.62. The number of aromatic nitrogens is 2. The van der Waals surface area contributed by atoms with Crippen molar-refractivity contribution in [2.75, 3.05) is 6.54 Å². The Morgan fingerprint density at radius 3 is 1.70 bits per heavy atom. The van der Waals surface area contributed by atoms with E-state index in [4.69, 9.17) is 33.2 Å². The molecular weight excluding hydrogens is 663 g/mol. The van der Waals surface area contributed by atoms with Crippen molar-refractivity contribution in [1.82, 2.24) is 20.6 Å². The molecule has 7 rings (SSSR count). The molecule has 252 valence electrons. The Labute approximate surface area is 302 Å². The highest BCUT2D eigenvalue weighted by Crippen LogP contribution is 2.46. The number of carbonyl (C=O) groups excluding carboxylic acids is 2. The first-order valence-corrected chi connectivity index (χ1v) is 17.6. The van der Waals surface area contributed by atoms with Gasteiger partial charge in [-0.15, -0.1) is 0 Å². The van der Waals surface area contributed by atoms with E-state index >= 15 is 0 Å². The second-order valence-electron chi connectivity index (χ2n) is 14.5. The predicted molar refractivity (Wildman–Crippen MR) is 204 cm³/mol. The zero-order chi connectivity index (χ0) is 35.0. The number of halogens is 2. The summed E-state index contributed by atoms with van der Waals surface area (Å²) in [4.78, 5) is 37.7. The molecule has 1 saturated carbocycles. The molecular formula is C42H38Cl2N4O2. The molecule has 2 heterocycles. The van der Waals surface area contributed by atoms with Crippen molar-refractivity contribution in [3.8, 4) is 22.5 Å². The van der Waals surface area contributed by atoms with Crippen molar-refractivity contribution >= 4 is 56.8 Å². The van der Waals surface area contributed by atoms with Crippen LogP contribution in [0.5, 0.6) is 0 Å². The first-order chi connectivity index (χ1) is 24.0. The largest absolute Gasteiger partial charge is 0.351 e. The SMILES string of the molecule is CC1(C)CC(NC(=O)c2cc(-c3ccccc3Cl)nc3ccccc23)CC(C)(CNC(=O)c2cc(-c3ccccc3Cl)nc3ccccc23)C1. The first kappa shape index (κ1) is 33.7. The molecule has 1 aliphatic rings. The van der Waals surface area contributed by atoms with E-state index in [-0.39, 0.29) is 28.7 Å². The Hall–Kier alpha value is -4.78. The summed E-state index contributed by atoms with van der Waals surface area (Å²) in [6.07, 6.45) is 2.42. The van der Waals surface area contributed by atoms with E-state index in [1.165, 1.54) is 0 Å². The fourth-order valence-electron chi connectivity index (χ4n) is 7.86. The zero-order valence-electron chi connectivity index (χ0n) is 28.3. The number of benzene rings is 4. The summed E-state index contributed by atoms with van der Waals surface area (Å²) in [5.41, 5.74) is 5.07. The average molecular weight is 702 g/mol. The molecule has 1 fully saturated rings. The summed E-state index contributed by atoms with van der Waals surface area (Å²) >= 11 is 13.1. The molecule has 1 aliphatic carbocycles. The molecule has 0 radical (unpaired) electrons. The van der Waals surface area contributed by atoms with Crippen molar-refractivity contribution in [3.05, 3.63) is 130 Å². The van der Waals surface area contributed by atoms with Gasteiger partial charge in [-0.1, -0.05) is 117 Å². The van der Waals surface area contributed by atoms with Crippen molar-refractivity contribution in [3.63, 3.8) is 0 Å². The Morgan fingerprint density at radius 2 is 1.16 bits per heavy atom. The summed E-state index contributed by atoms with van der Waals surface area (Å²) in [5, 5.41) is 9.35. The van der Waals surface area contributed by atoms with Crippen molar-refractivity contribution in [2.24, 2.45) is 10.8 Å². The molecule has 2 unspecified atom stereocenters. The van der Waals surface area contributed by atoms with E-state index in [1.54, 1.807) is 0 Å². The topological polar surface area (TPSA) is 84.0 Å². The normalized spacial score (nSPS) is 18.5. The van der Waals surface area contributed by atoms with Gasteiger partial charge in [0.1, 0.15) is 0 Å². The number of pyridine rings is 2. The third-order valence-electron chi connectivity index (χ3n) is 9.68. The Morgan fingerprint density at radius 1 is 0.680 bits per heavy atom. The number of nitrogens with zero attached hydrogens (tertiary/aromatic N) is 2. The number of carbonyl (C=O) groups is 2. The average Bonchev–Trinajstić information content (AvgIpc) is 3.09. The summed E-state index contributed by atoms with van der Waals surface area (Å²) in [7, 11) is 0. The maximum atomic E-state index is 14.1. The van der Waals surface area contributed by atoms with E-state index in [9.17, 15) is 9.59 Å². The van der Waals surface area contributed by atoms with Gasteiger partial charge in [-0.3, -0.25) is 9.59 Å². The van der Waals surface area contributed by atoms with Gasteiger partial charge in [0.2, 0.25) is 0 Å². The second-order valence-corrected chi connectivity index (χ2v) is 15.3. The van der Waals surface area contributed by atoms with E-state index in [0.29, 0.717) is 45.5 Å². The fourth-order valence-corrected chi connectivity index (χ4v) is 8.33. The zero-order valence-corrected chi connectivity index (χ0v) is 29.8. The quantitative estimate of drug-likeness (QED) is 0.174. The molecule has 2 amide bonds. The number of hydrogen-bond acceptors (Lipinski definition) is 4. The Kier molecular flexibility index (Phi) is 9.10. The molecule has 2 atom stereocenters. The number of para-hydroxylation sites is 2. The highest BCUT2D eigenvalue weighted by molar-refractivity contribution is 6.33. The minimum Gasteiger partial charge on any atom is -0.351 e. The minimum atomic E-state index is -0.271.